The van der Waals surface area contributed by atoms with Gasteiger partial charge in [-0.1, -0.05) is 12.1 Å². The van der Waals surface area contributed by atoms with Gasteiger partial charge in [-0.15, -0.1) is 11.3 Å². The van der Waals surface area contributed by atoms with Crippen molar-refractivity contribution in [3.8, 4) is 5.75 Å². The van der Waals surface area contributed by atoms with Crippen molar-refractivity contribution < 1.29 is 9.53 Å². The number of rotatable bonds is 3. The number of anilines is 1. The van der Waals surface area contributed by atoms with Crippen molar-refractivity contribution in [3.05, 3.63) is 40.9 Å². The lowest BCUT2D eigenvalue weighted by molar-refractivity contribution is 0.0455. The number of likely N-dealkylation sites (tertiary alicyclic amines) is 1. The Balaban J connectivity index is 1.49. The quantitative estimate of drug-likeness (QED) is 0.938. The van der Waals surface area contributed by atoms with Crippen molar-refractivity contribution in [1.82, 2.24) is 9.88 Å². The highest BCUT2D eigenvalue weighted by Gasteiger charge is 2.45. The Bertz CT molecular complexity index is 745. The fourth-order valence-corrected chi connectivity index (χ4v) is 4.12. The molecule has 0 unspecified atom stereocenters. The highest BCUT2D eigenvalue weighted by molar-refractivity contribution is 7.13. The molecule has 0 saturated carbocycles. The molecule has 0 aliphatic carbocycles. The van der Waals surface area contributed by atoms with Crippen molar-refractivity contribution >= 4 is 22.3 Å². The van der Waals surface area contributed by atoms with Crippen molar-refractivity contribution in [1.29, 1.82) is 0 Å². The number of carbonyl (C=O) groups excluding carboxylic acids is 1. The van der Waals surface area contributed by atoms with Gasteiger partial charge in [-0.3, -0.25) is 9.69 Å². The smallest absolute Gasteiger partial charge is 0.182 e. The minimum absolute atomic E-state index is 0.194. The Morgan fingerprint density at radius 3 is 3.13 bits per heavy atom. The summed E-state index contributed by atoms with van der Waals surface area (Å²) in [5.74, 6) is 0.927. The molecule has 1 aromatic carbocycles. The lowest BCUT2D eigenvalue weighted by Gasteiger charge is -2.34. The van der Waals surface area contributed by atoms with Crippen LogP contribution in [0, 0.1) is 0 Å². The van der Waals surface area contributed by atoms with E-state index in [0.717, 1.165) is 48.2 Å². The highest BCUT2D eigenvalue weighted by Crippen LogP contribution is 2.38. The number of para-hydroxylation sites is 1. The first-order valence-corrected chi connectivity index (χ1v) is 8.71. The lowest BCUT2D eigenvalue weighted by Crippen LogP contribution is -2.44. The SMILES string of the molecule is CNc1nc(CN2CC[C@]3(CC(=O)c4ccccc4O3)C2)cs1. The van der Waals surface area contributed by atoms with Gasteiger partial charge in [0, 0.05) is 38.5 Å². The Labute approximate surface area is 139 Å². The van der Waals surface area contributed by atoms with Gasteiger partial charge in [0.15, 0.2) is 10.9 Å². The van der Waals surface area contributed by atoms with E-state index in [-0.39, 0.29) is 11.4 Å². The van der Waals surface area contributed by atoms with Crippen LogP contribution in [0.4, 0.5) is 5.13 Å². The average Bonchev–Trinajstić information content (AvgIpc) is 3.15. The van der Waals surface area contributed by atoms with Gasteiger partial charge in [0.2, 0.25) is 0 Å². The van der Waals surface area contributed by atoms with Crippen LogP contribution in [0.15, 0.2) is 29.6 Å². The number of hydrogen-bond acceptors (Lipinski definition) is 6. The maximum Gasteiger partial charge on any atom is 0.182 e. The molecule has 0 bridgehead atoms. The molecule has 1 N–H and O–H groups in total. The fourth-order valence-electron chi connectivity index (χ4n) is 3.46. The van der Waals surface area contributed by atoms with E-state index in [1.54, 1.807) is 11.3 Å². The maximum absolute atomic E-state index is 12.4. The summed E-state index contributed by atoms with van der Waals surface area (Å²) in [5.41, 5.74) is 1.42. The van der Waals surface area contributed by atoms with E-state index in [1.807, 2.05) is 31.3 Å². The summed E-state index contributed by atoms with van der Waals surface area (Å²) in [7, 11) is 1.88. The first kappa shape index (κ1) is 14.7. The molecule has 1 fully saturated rings. The first-order chi connectivity index (χ1) is 11.2. The van der Waals surface area contributed by atoms with Crippen LogP contribution in [0.25, 0.3) is 0 Å². The Kier molecular flexibility index (Phi) is 3.58. The number of Topliss-reactive ketones (excluding diaryl/α,β-unsaturated/α-hetero) is 1. The number of hydrogen-bond donors (Lipinski definition) is 1. The average molecular weight is 329 g/mol. The highest BCUT2D eigenvalue weighted by atomic mass is 32.1. The summed E-state index contributed by atoms with van der Waals surface area (Å²) >= 11 is 1.62. The van der Waals surface area contributed by atoms with E-state index in [0.29, 0.717) is 6.42 Å². The van der Waals surface area contributed by atoms with E-state index < -0.39 is 0 Å². The van der Waals surface area contributed by atoms with Gasteiger partial charge in [-0.05, 0) is 12.1 Å². The molecule has 2 aliphatic rings. The molecule has 0 radical (unpaired) electrons. The number of aromatic nitrogens is 1. The number of thiazole rings is 1. The number of benzene rings is 1. The number of nitrogens with zero attached hydrogens (tertiary/aromatic N) is 2. The Morgan fingerprint density at radius 1 is 1.43 bits per heavy atom. The number of carbonyl (C=O) groups is 1. The fraction of sp³-hybridized carbons (Fsp3) is 0.412. The Morgan fingerprint density at radius 2 is 2.30 bits per heavy atom. The zero-order chi connectivity index (χ0) is 15.9. The van der Waals surface area contributed by atoms with E-state index in [2.05, 4.69) is 20.6 Å². The molecule has 23 heavy (non-hydrogen) atoms. The zero-order valence-corrected chi connectivity index (χ0v) is 13.9. The molecule has 1 saturated heterocycles. The monoisotopic (exact) mass is 329 g/mol. The Hall–Kier alpha value is -1.92. The lowest BCUT2D eigenvalue weighted by atomic mass is 9.89. The number of ether oxygens (including phenoxy) is 1. The van der Waals surface area contributed by atoms with E-state index >= 15 is 0 Å². The summed E-state index contributed by atoms with van der Waals surface area (Å²) in [6, 6.07) is 7.56. The summed E-state index contributed by atoms with van der Waals surface area (Å²) in [4.78, 5) is 19.3. The van der Waals surface area contributed by atoms with Crippen molar-refractivity contribution in [2.45, 2.75) is 25.0 Å². The normalized spacial score (nSPS) is 23.8. The largest absolute Gasteiger partial charge is 0.485 e. The third kappa shape index (κ3) is 2.72. The summed E-state index contributed by atoms with van der Waals surface area (Å²) in [6.45, 7) is 2.51. The van der Waals surface area contributed by atoms with Gasteiger partial charge < -0.3 is 10.1 Å². The van der Waals surface area contributed by atoms with Gasteiger partial charge in [-0.2, -0.15) is 0 Å². The van der Waals surface area contributed by atoms with E-state index in [1.165, 1.54) is 0 Å². The molecule has 2 aromatic rings. The van der Waals surface area contributed by atoms with Crippen LogP contribution in [0.2, 0.25) is 0 Å². The zero-order valence-electron chi connectivity index (χ0n) is 13.0. The second-order valence-corrected chi connectivity index (χ2v) is 7.09. The number of nitrogens with one attached hydrogen (secondary N) is 1. The van der Waals surface area contributed by atoms with Gasteiger partial charge in [0.1, 0.15) is 11.4 Å². The minimum atomic E-state index is -0.368. The van der Waals surface area contributed by atoms with Crippen LogP contribution < -0.4 is 10.1 Å². The molecule has 1 spiro atoms. The van der Waals surface area contributed by atoms with E-state index in [9.17, 15) is 4.79 Å². The second-order valence-electron chi connectivity index (χ2n) is 6.24. The molecular weight excluding hydrogens is 310 g/mol. The molecule has 120 valence electrons. The molecule has 4 rings (SSSR count). The predicted molar refractivity (Wildman–Crippen MR) is 90.3 cm³/mol. The summed E-state index contributed by atoms with van der Waals surface area (Å²) in [5, 5.41) is 6.08. The third-order valence-corrected chi connectivity index (χ3v) is 5.45. The predicted octanol–water partition coefficient (Wildman–Crippen LogP) is 2.79. The van der Waals surface area contributed by atoms with Crippen molar-refractivity contribution in [2.24, 2.45) is 0 Å². The molecule has 3 heterocycles. The summed E-state index contributed by atoms with van der Waals surface area (Å²) in [6.07, 6.45) is 1.36. The molecule has 6 heteroatoms. The maximum atomic E-state index is 12.4. The van der Waals surface area contributed by atoms with Crippen LogP contribution in [0.3, 0.4) is 0 Å². The molecule has 1 atom stereocenters. The third-order valence-electron chi connectivity index (χ3n) is 4.54. The van der Waals surface area contributed by atoms with Gasteiger partial charge in [0.25, 0.3) is 0 Å². The van der Waals surface area contributed by atoms with Crippen molar-refractivity contribution in [3.63, 3.8) is 0 Å². The van der Waals surface area contributed by atoms with Crippen LogP contribution >= 0.6 is 11.3 Å². The standard InChI is InChI=1S/C17H19N3O2S/c1-18-16-19-12(10-23-16)9-20-7-6-17(11-20)8-14(21)13-4-2-3-5-15(13)22-17/h2-5,10H,6-9,11H2,1H3,(H,18,19)/t17-/m0/s1. The summed E-state index contributed by atoms with van der Waals surface area (Å²) < 4.78 is 6.25. The topological polar surface area (TPSA) is 54.5 Å². The molecular formula is C17H19N3O2S. The number of fused-ring (bicyclic) bond motifs is 1. The van der Waals surface area contributed by atoms with Gasteiger partial charge in [-0.25, -0.2) is 4.98 Å². The van der Waals surface area contributed by atoms with E-state index in [4.69, 9.17) is 4.74 Å². The minimum Gasteiger partial charge on any atom is -0.485 e. The van der Waals surface area contributed by atoms with Crippen LogP contribution in [-0.2, 0) is 6.54 Å². The number of ketones is 1. The molecule has 0 amide bonds. The second kappa shape index (κ2) is 5.62. The van der Waals surface area contributed by atoms with Crippen molar-refractivity contribution in [2.75, 3.05) is 25.5 Å². The van der Waals surface area contributed by atoms with Gasteiger partial charge in [0.05, 0.1) is 17.7 Å². The van der Waals surface area contributed by atoms with Crippen LogP contribution in [0.1, 0.15) is 28.9 Å². The molecule has 1 aromatic heterocycles. The van der Waals surface area contributed by atoms with Crippen LogP contribution in [-0.4, -0.2) is 41.4 Å². The molecule has 2 aliphatic heterocycles. The van der Waals surface area contributed by atoms with Gasteiger partial charge >= 0.3 is 0 Å². The van der Waals surface area contributed by atoms with Crippen LogP contribution in [0.5, 0.6) is 5.75 Å². The molecule has 5 nitrogen and oxygen atoms in total. The first-order valence-electron chi connectivity index (χ1n) is 7.83.